The zero-order valence-electron chi connectivity index (χ0n) is 11.2. The largest absolute Gasteiger partial charge is 0.481 e. The molecule has 1 aromatic carbocycles. The van der Waals surface area contributed by atoms with Gasteiger partial charge in [0, 0.05) is 19.2 Å². The Labute approximate surface area is 126 Å². The van der Waals surface area contributed by atoms with E-state index in [2.05, 4.69) is 5.92 Å². The molecule has 0 bridgehead atoms. The Hall–Kier alpha value is -2.06. The Morgan fingerprint density at radius 3 is 2.67 bits per heavy atom. The third-order valence-electron chi connectivity index (χ3n) is 3.07. The standard InChI is InChI=1S/C15H12ClF2NO2/c1-3-6-21-9-7-11(17)14(12(18)8-9)13-5-4-10(16)15(20)19(13)2/h1,5,7-8,10H,4,6H2,2H3. The third-order valence-corrected chi connectivity index (χ3v) is 3.44. The first-order chi connectivity index (χ1) is 9.95. The molecule has 0 spiro atoms. The van der Waals surface area contributed by atoms with Crippen molar-refractivity contribution >= 4 is 23.2 Å². The average Bonchev–Trinajstić information content (AvgIpc) is 2.44. The first-order valence-electron chi connectivity index (χ1n) is 6.13. The second kappa shape index (κ2) is 6.15. The molecule has 1 atom stereocenters. The molecule has 0 aromatic heterocycles. The van der Waals surface area contributed by atoms with Crippen molar-refractivity contribution in [2.45, 2.75) is 11.8 Å². The Bertz CT molecular complexity index is 629. The topological polar surface area (TPSA) is 29.5 Å². The van der Waals surface area contributed by atoms with E-state index >= 15 is 0 Å². The van der Waals surface area contributed by atoms with E-state index in [0.29, 0.717) is 0 Å². The van der Waals surface area contributed by atoms with Crippen LogP contribution in [0.5, 0.6) is 5.75 Å². The van der Waals surface area contributed by atoms with Crippen molar-refractivity contribution in [1.29, 1.82) is 0 Å². The van der Waals surface area contributed by atoms with E-state index in [4.69, 9.17) is 22.8 Å². The maximum absolute atomic E-state index is 14.1. The van der Waals surface area contributed by atoms with Gasteiger partial charge in [0.05, 0.1) is 11.3 Å². The Kier molecular flexibility index (Phi) is 4.49. The molecule has 1 amide bonds. The zero-order chi connectivity index (χ0) is 15.6. The first kappa shape index (κ1) is 15.3. The molecule has 0 fully saturated rings. The summed E-state index contributed by atoms with van der Waals surface area (Å²) in [5, 5.41) is -0.719. The Morgan fingerprint density at radius 2 is 2.10 bits per heavy atom. The molecule has 6 heteroatoms. The van der Waals surface area contributed by atoms with E-state index in [-0.39, 0.29) is 30.0 Å². The molecule has 0 saturated heterocycles. The van der Waals surface area contributed by atoms with Crippen LogP contribution in [0.1, 0.15) is 12.0 Å². The minimum Gasteiger partial charge on any atom is -0.481 e. The summed E-state index contributed by atoms with van der Waals surface area (Å²) in [6, 6.07) is 2.06. The predicted octanol–water partition coefficient (Wildman–Crippen LogP) is 2.79. The predicted molar refractivity (Wildman–Crippen MR) is 75.7 cm³/mol. The summed E-state index contributed by atoms with van der Waals surface area (Å²) < 4.78 is 33.3. The maximum atomic E-state index is 14.1. The van der Waals surface area contributed by atoms with Gasteiger partial charge in [-0.1, -0.05) is 12.0 Å². The number of ether oxygens (including phenoxy) is 1. The number of halogens is 3. The van der Waals surface area contributed by atoms with E-state index in [1.807, 2.05) is 0 Å². The average molecular weight is 312 g/mol. The molecule has 1 aliphatic rings. The van der Waals surface area contributed by atoms with Gasteiger partial charge < -0.3 is 9.64 Å². The van der Waals surface area contributed by atoms with Crippen LogP contribution in [0.15, 0.2) is 18.2 Å². The third kappa shape index (κ3) is 3.01. The summed E-state index contributed by atoms with van der Waals surface area (Å²) in [5.74, 6) is 0.131. The molecular weight excluding hydrogens is 300 g/mol. The quantitative estimate of drug-likeness (QED) is 0.634. The number of rotatable bonds is 3. The lowest BCUT2D eigenvalue weighted by Crippen LogP contribution is -2.36. The first-order valence-corrected chi connectivity index (χ1v) is 6.56. The number of allylic oxidation sites excluding steroid dienone is 1. The molecule has 0 aliphatic carbocycles. The molecule has 3 nitrogen and oxygen atoms in total. The van der Waals surface area contributed by atoms with Crippen molar-refractivity contribution in [2.24, 2.45) is 0 Å². The van der Waals surface area contributed by atoms with Gasteiger partial charge in [-0.15, -0.1) is 18.0 Å². The molecule has 21 heavy (non-hydrogen) atoms. The van der Waals surface area contributed by atoms with Crippen molar-refractivity contribution in [1.82, 2.24) is 4.90 Å². The number of hydrogen-bond donors (Lipinski definition) is 0. The molecule has 1 aliphatic heterocycles. The second-order valence-corrected chi connectivity index (χ2v) is 4.97. The number of amides is 1. The summed E-state index contributed by atoms with van der Waals surface area (Å²) in [7, 11) is 1.42. The van der Waals surface area contributed by atoms with Crippen LogP contribution in [0.3, 0.4) is 0 Å². The minimum atomic E-state index is -0.832. The van der Waals surface area contributed by atoms with Gasteiger partial charge in [0.15, 0.2) is 0 Å². The SMILES string of the molecule is C#CCOc1cc(F)c(C2=CCC(Cl)C(=O)N2C)c(F)c1. The molecule has 0 radical (unpaired) electrons. The van der Waals surface area contributed by atoms with Gasteiger partial charge in [0.25, 0.3) is 0 Å². The molecule has 1 aromatic rings. The van der Waals surface area contributed by atoms with Crippen LogP contribution in [-0.2, 0) is 4.79 Å². The minimum absolute atomic E-state index is 0.00712. The second-order valence-electron chi connectivity index (χ2n) is 4.44. The van der Waals surface area contributed by atoms with Crippen LogP contribution in [-0.4, -0.2) is 29.8 Å². The fourth-order valence-corrected chi connectivity index (χ4v) is 2.29. The van der Waals surface area contributed by atoms with Gasteiger partial charge in [-0.3, -0.25) is 4.79 Å². The highest BCUT2D eigenvalue weighted by Crippen LogP contribution is 2.32. The number of hydrogen-bond acceptors (Lipinski definition) is 2. The number of benzene rings is 1. The van der Waals surface area contributed by atoms with Gasteiger partial charge in [0.2, 0.25) is 5.91 Å². The van der Waals surface area contributed by atoms with E-state index in [1.54, 1.807) is 0 Å². The zero-order valence-corrected chi connectivity index (χ0v) is 12.0. The summed E-state index contributed by atoms with van der Waals surface area (Å²) >= 11 is 5.81. The molecule has 1 unspecified atom stereocenters. The van der Waals surface area contributed by atoms with Crippen LogP contribution >= 0.6 is 11.6 Å². The van der Waals surface area contributed by atoms with Crippen molar-refractivity contribution in [2.75, 3.05) is 13.7 Å². The Balaban J connectivity index is 2.41. The smallest absolute Gasteiger partial charge is 0.245 e. The van der Waals surface area contributed by atoms with E-state index < -0.39 is 22.9 Å². The van der Waals surface area contributed by atoms with Gasteiger partial charge in [-0.25, -0.2) is 8.78 Å². The lowest BCUT2D eigenvalue weighted by atomic mass is 10.0. The lowest BCUT2D eigenvalue weighted by Gasteiger charge is -2.28. The molecule has 110 valence electrons. The van der Waals surface area contributed by atoms with Crippen molar-refractivity contribution in [3.05, 3.63) is 35.4 Å². The van der Waals surface area contributed by atoms with Crippen molar-refractivity contribution in [3.8, 4) is 18.1 Å². The summed E-state index contributed by atoms with van der Waals surface area (Å²) in [5.41, 5.74) is -0.141. The van der Waals surface area contributed by atoms with Crippen LogP contribution in [0.2, 0.25) is 0 Å². The number of carbonyl (C=O) groups is 1. The van der Waals surface area contributed by atoms with E-state index in [0.717, 1.165) is 17.0 Å². The van der Waals surface area contributed by atoms with Gasteiger partial charge in [-0.05, 0) is 6.42 Å². The fraction of sp³-hybridized carbons (Fsp3) is 0.267. The molecule has 2 rings (SSSR count). The van der Waals surface area contributed by atoms with Gasteiger partial charge in [0.1, 0.15) is 29.4 Å². The van der Waals surface area contributed by atoms with Crippen LogP contribution in [0.25, 0.3) is 5.70 Å². The molecular formula is C15H12ClF2NO2. The van der Waals surface area contributed by atoms with Crippen molar-refractivity contribution in [3.63, 3.8) is 0 Å². The fourth-order valence-electron chi connectivity index (χ4n) is 2.05. The normalized spacial score (nSPS) is 18.2. The van der Waals surface area contributed by atoms with E-state index in [9.17, 15) is 13.6 Å². The molecule has 1 heterocycles. The summed E-state index contributed by atoms with van der Waals surface area (Å²) in [6.45, 7) is -0.0900. The lowest BCUT2D eigenvalue weighted by molar-refractivity contribution is -0.126. The highest BCUT2D eigenvalue weighted by atomic mass is 35.5. The van der Waals surface area contributed by atoms with E-state index in [1.165, 1.54) is 13.1 Å². The highest BCUT2D eigenvalue weighted by molar-refractivity contribution is 6.31. The monoisotopic (exact) mass is 311 g/mol. The number of terminal acetylenes is 1. The molecule has 0 N–H and O–H groups in total. The Morgan fingerprint density at radius 1 is 1.48 bits per heavy atom. The molecule has 0 saturated carbocycles. The van der Waals surface area contributed by atoms with Crippen LogP contribution in [0, 0.1) is 24.0 Å². The van der Waals surface area contributed by atoms with Gasteiger partial charge >= 0.3 is 0 Å². The number of alkyl halides is 1. The van der Waals surface area contributed by atoms with Crippen molar-refractivity contribution < 1.29 is 18.3 Å². The maximum Gasteiger partial charge on any atom is 0.245 e. The van der Waals surface area contributed by atoms with Gasteiger partial charge in [-0.2, -0.15) is 0 Å². The van der Waals surface area contributed by atoms with Crippen LogP contribution < -0.4 is 4.74 Å². The van der Waals surface area contributed by atoms with Crippen LogP contribution in [0.4, 0.5) is 8.78 Å². The summed E-state index contributed by atoms with van der Waals surface area (Å²) in [6.07, 6.45) is 6.76. The highest BCUT2D eigenvalue weighted by Gasteiger charge is 2.30. The number of carbonyl (C=O) groups excluding carboxylic acids is 1. The summed E-state index contributed by atoms with van der Waals surface area (Å²) in [4.78, 5) is 12.9. The number of nitrogens with zero attached hydrogens (tertiary/aromatic N) is 1.